The van der Waals surface area contributed by atoms with Gasteiger partial charge in [0.15, 0.2) is 0 Å². The van der Waals surface area contributed by atoms with E-state index in [9.17, 15) is 4.79 Å². The zero-order chi connectivity index (χ0) is 26.7. The fourth-order valence-corrected chi connectivity index (χ4v) is 3.99. The van der Waals surface area contributed by atoms with Gasteiger partial charge < -0.3 is 14.6 Å². The maximum absolute atomic E-state index is 9.37. The fraction of sp³-hybridized carbons (Fsp3) is 0.0882. The summed E-state index contributed by atoms with van der Waals surface area (Å²) in [6.07, 6.45) is 2.93. The van der Waals surface area contributed by atoms with E-state index in [-0.39, 0.29) is 6.42 Å². The summed E-state index contributed by atoms with van der Waals surface area (Å²) in [5.41, 5.74) is 3.58. The lowest BCUT2D eigenvalue weighted by Gasteiger charge is -2.13. The van der Waals surface area contributed by atoms with E-state index in [4.69, 9.17) is 14.6 Å². The van der Waals surface area contributed by atoms with Crippen LogP contribution in [0.25, 0.3) is 16.8 Å². The first kappa shape index (κ1) is 26.2. The lowest BCUT2D eigenvalue weighted by Crippen LogP contribution is -1.95. The number of hydrogen-bond acceptors (Lipinski definition) is 3. The minimum Gasteiger partial charge on any atom is -0.481 e. The number of fused-ring (bicyclic) bond motifs is 1. The van der Waals surface area contributed by atoms with E-state index < -0.39 is 5.97 Å². The number of para-hydroxylation sites is 1. The number of rotatable bonds is 8. The van der Waals surface area contributed by atoms with E-state index in [1.807, 2.05) is 66.7 Å². The molecule has 4 nitrogen and oxygen atoms in total. The van der Waals surface area contributed by atoms with Crippen LogP contribution in [0.5, 0.6) is 23.0 Å². The molecule has 0 amide bonds. The van der Waals surface area contributed by atoms with Gasteiger partial charge in [0, 0.05) is 6.42 Å². The van der Waals surface area contributed by atoms with E-state index in [1.54, 1.807) is 6.92 Å². The van der Waals surface area contributed by atoms with Crippen molar-refractivity contribution in [1.82, 2.24) is 0 Å². The van der Waals surface area contributed by atoms with Crippen LogP contribution in [0.3, 0.4) is 0 Å². The molecule has 0 aromatic heterocycles. The summed E-state index contributed by atoms with van der Waals surface area (Å²) < 4.78 is 12.0. The highest BCUT2D eigenvalue weighted by Gasteiger charge is 2.08. The monoisotopic (exact) mass is 502 g/mol. The van der Waals surface area contributed by atoms with E-state index in [1.165, 1.54) is 21.9 Å². The van der Waals surface area contributed by atoms with Crippen molar-refractivity contribution in [3.63, 3.8) is 0 Å². The molecule has 1 N–H and O–H groups in total. The fourth-order valence-electron chi connectivity index (χ4n) is 3.99. The summed E-state index contributed by atoms with van der Waals surface area (Å²) in [6.45, 7) is 5.60. The van der Waals surface area contributed by atoms with Crippen LogP contribution in [-0.4, -0.2) is 11.1 Å². The SMILES string of the molecule is C=Cc1ccc(Oc2ccc(Oc3ccccc3)cc2)cc1Cc1cccc2ccccc12.CCC(=O)O. The maximum Gasteiger partial charge on any atom is 0.303 e. The van der Waals surface area contributed by atoms with Crippen LogP contribution in [0.1, 0.15) is 30.0 Å². The molecule has 0 aliphatic heterocycles. The van der Waals surface area contributed by atoms with Gasteiger partial charge in [0.2, 0.25) is 0 Å². The first-order valence-electron chi connectivity index (χ1n) is 12.5. The Morgan fingerprint density at radius 2 is 1.26 bits per heavy atom. The molecule has 0 heterocycles. The topological polar surface area (TPSA) is 55.8 Å². The van der Waals surface area contributed by atoms with Crippen molar-refractivity contribution < 1.29 is 19.4 Å². The van der Waals surface area contributed by atoms with Gasteiger partial charge in [0.25, 0.3) is 0 Å². The molecule has 0 fully saturated rings. The van der Waals surface area contributed by atoms with Crippen molar-refractivity contribution in [3.8, 4) is 23.0 Å². The number of carboxylic acid groups (broad SMARTS) is 1. The summed E-state index contributed by atoms with van der Waals surface area (Å²) in [5, 5.41) is 10.2. The zero-order valence-electron chi connectivity index (χ0n) is 21.3. The normalized spacial score (nSPS) is 10.2. The van der Waals surface area contributed by atoms with Crippen LogP contribution in [0.4, 0.5) is 0 Å². The van der Waals surface area contributed by atoms with Crippen molar-refractivity contribution in [3.05, 3.63) is 139 Å². The molecule has 4 heteroatoms. The first-order chi connectivity index (χ1) is 18.6. The van der Waals surface area contributed by atoms with E-state index in [0.29, 0.717) is 0 Å². The van der Waals surface area contributed by atoms with E-state index in [2.05, 4.69) is 61.2 Å². The third-order valence-corrected chi connectivity index (χ3v) is 5.94. The van der Waals surface area contributed by atoms with E-state index in [0.717, 1.165) is 35.0 Å². The summed E-state index contributed by atoms with van der Waals surface area (Å²) in [6, 6.07) is 38.5. The van der Waals surface area contributed by atoms with Gasteiger partial charge in [0.05, 0.1) is 0 Å². The number of benzene rings is 5. The molecule has 0 aliphatic rings. The summed E-state index contributed by atoms with van der Waals surface area (Å²) >= 11 is 0. The smallest absolute Gasteiger partial charge is 0.303 e. The van der Waals surface area contributed by atoms with Gasteiger partial charge in [-0.25, -0.2) is 0 Å². The third-order valence-electron chi connectivity index (χ3n) is 5.94. The number of aliphatic carboxylic acids is 1. The Balaban J connectivity index is 0.000000617. The van der Waals surface area contributed by atoms with Crippen molar-refractivity contribution in [2.45, 2.75) is 19.8 Å². The standard InChI is InChI=1S/C31H24O2.C3H6O2/c1-2-23-15-16-30(22-26(23)21-25-11-8-10-24-9-6-7-14-31(24)25)33-29-19-17-28(18-20-29)32-27-12-4-3-5-13-27;1-2-3(4)5/h2-20,22H,1,21H2;2H2,1H3,(H,4,5). The number of carboxylic acids is 1. The molecule has 190 valence electrons. The predicted octanol–water partition coefficient (Wildman–Crippen LogP) is 9.14. The Labute approximate surface area is 223 Å². The molecule has 5 aromatic carbocycles. The Bertz CT molecular complexity index is 1500. The molecule has 0 saturated heterocycles. The van der Waals surface area contributed by atoms with Gasteiger partial charge >= 0.3 is 5.97 Å². The number of hydrogen-bond donors (Lipinski definition) is 1. The maximum atomic E-state index is 9.37. The van der Waals surface area contributed by atoms with Crippen molar-refractivity contribution in [2.75, 3.05) is 0 Å². The van der Waals surface area contributed by atoms with Crippen molar-refractivity contribution in [2.24, 2.45) is 0 Å². The van der Waals surface area contributed by atoms with Gasteiger partial charge in [-0.15, -0.1) is 0 Å². The molecule has 0 radical (unpaired) electrons. The van der Waals surface area contributed by atoms with Crippen LogP contribution in [0, 0.1) is 0 Å². The zero-order valence-corrected chi connectivity index (χ0v) is 21.3. The molecule has 0 saturated carbocycles. The Morgan fingerprint density at radius 3 is 1.92 bits per heavy atom. The van der Waals surface area contributed by atoms with Crippen LogP contribution >= 0.6 is 0 Å². The van der Waals surface area contributed by atoms with Crippen LogP contribution in [-0.2, 0) is 11.2 Å². The third kappa shape index (κ3) is 7.11. The van der Waals surface area contributed by atoms with Crippen LogP contribution < -0.4 is 9.47 Å². The molecule has 5 rings (SSSR count). The minimum atomic E-state index is -0.745. The van der Waals surface area contributed by atoms with Crippen molar-refractivity contribution >= 4 is 22.8 Å². The highest BCUT2D eigenvalue weighted by molar-refractivity contribution is 5.86. The second-order valence-corrected chi connectivity index (χ2v) is 8.62. The Morgan fingerprint density at radius 1 is 0.711 bits per heavy atom. The van der Waals surface area contributed by atoms with Gasteiger partial charge in [-0.1, -0.05) is 86.3 Å². The molecule has 5 aromatic rings. The molecular formula is C34H30O4. The average Bonchev–Trinajstić information content (AvgIpc) is 2.95. The lowest BCUT2D eigenvalue weighted by molar-refractivity contribution is -0.136. The molecule has 0 aliphatic carbocycles. The summed E-state index contributed by atoms with van der Waals surface area (Å²) in [4.78, 5) is 9.37. The molecule has 0 spiro atoms. The van der Waals surface area contributed by atoms with Crippen LogP contribution in [0.15, 0.2) is 122 Å². The van der Waals surface area contributed by atoms with Gasteiger partial charge in [-0.3, -0.25) is 4.79 Å². The molecule has 0 bridgehead atoms. The Hall–Kier alpha value is -4.83. The number of carbonyl (C=O) groups is 1. The largest absolute Gasteiger partial charge is 0.481 e. The second-order valence-electron chi connectivity index (χ2n) is 8.62. The minimum absolute atomic E-state index is 0.222. The average molecular weight is 503 g/mol. The highest BCUT2D eigenvalue weighted by atomic mass is 16.5. The summed E-state index contributed by atoms with van der Waals surface area (Å²) in [5.74, 6) is 2.40. The second kappa shape index (κ2) is 12.9. The predicted molar refractivity (Wildman–Crippen MR) is 154 cm³/mol. The summed E-state index contributed by atoms with van der Waals surface area (Å²) in [7, 11) is 0. The highest BCUT2D eigenvalue weighted by Crippen LogP contribution is 2.30. The molecule has 0 atom stereocenters. The first-order valence-corrected chi connectivity index (χ1v) is 12.5. The molecule has 38 heavy (non-hydrogen) atoms. The quantitative estimate of drug-likeness (QED) is 0.230. The molecule has 0 unspecified atom stereocenters. The molecular weight excluding hydrogens is 472 g/mol. The van der Waals surface area contributed by atoms with E-state index >= 15 is 0 Å². The van der Waals surface area contributed by atoms with Gasteiger partial charge in [-0.2, -0.15) is 0 Å². The van der Waals surface area contributed by atoms with Crippen LogP contribution in [0.2, 0.25) is 0 Å². The lowest BCUT2D eigenvalue weighted by atomic mass is 9.95. The Kier molecular flexibility index (Phi) is 8.93. The van der Waals surface area contributed by atoms with Gasteiger partial charge in [0.1, 0.15) is 23.0 Å². The number of ether oxygens (including phenoxy) is 2. The van der Waals surface area contributed by atoms with Crippen molar-refractivity contribution in [1.29, 1.82) is 0 Å². The van der Waals surface area contributed by atoms with Gasteiger partial charge in [-0.05, 0) is 82.4 Å².